The molecule has 176 valence electrons. The number of ether oxygens (including phenoxy) is 1. The molecule has 1 fully saturated rings. The number of aromatic nitrogens is 4. The van der Waals surface area contributed by atoms with Crippen LogP contribution in [0.3, 0.4) is 0 Å². The fraction of sp³-hybridized carbons (Fsp3) is 0.545. The van der Waals surface area contributed by atoms with Crippen LogP contribution in [0.1, 0.15) is 6.23 Å². The smallest absolute Gasteiger partial charge is 0.387 e. The van der Waals surface area contributed by atoms with E-state index in [2.05, 4.69) is 23.8 Å². The molecule has 1 aliphatic rings. The second-order valence-electron chi connectivity index (χ2n) is 6.41. The Morgan fingerprint density at radius 1 is 1.03 bits per heavy atom. The molecule has 0 aromatic carbocycles. The van der Waals surface area contributed by atoms with Crippen molar-refractivity contribution in [2.45, 2.75) is 24.5 Å². The minimum absolute atomic E-state index is 0. The van der Waals surface area contributed by atoms with E-state index in [1.54, 1.807) is 0 Å². The minimum Gasteiger partial charge on any atom is -0.387 e. The van der Waals surface area contributed by atoms with Crippen LogP contribution in [-0.4, -0.2) is 118 Å². The van der Waals surface area contributed by atoms with E-state index in [0.29, 0.717) is 0 Å². The molecule has 1 aliphatic heterocycles. The van der Waals surface area contributed by atoms with E-state index in [1.165, 1.54) is 10.9 Å². The molecular formula is C11H18Li2N5O12P3. The van der Waals surface area contributed by atoms with Gasteiger partial charge in [-0.3, -0.25) is 13.7 Å². The Morgan fingerprint density at radius 3 is 2.27 bits per heavy atom. The van der Waals surface area contributed by atoms with E-state index >= 15 is 0 Å². The van der Waals surface area contributed by atoms with Crippen molar-refractivity contribution in [2.75, 3.05) is 18.2 Å². The van der Waals surface area contributed by atoms with E-state index in [1.807, 2.05) is 0 Å². The molecule has 2 aromatic rings. The monoisotopic (exact) mass is 519 g/mol. The van der Waals surface area contributed by atoms with Crippen molar-refractivity contribution in [2.24, 2.45) is 0 Å². The third kappa shape index (κ3) is 7.68. The van der Waals surface area contributed by atoms with Crippen LogP contribution in [0.15, 0.2) is 12.7 Å². The maximum absolute atomic E-state index is 12.0. The van der Waals surface area contributed by atoms with E-state index < -0.39 is 60.1 Å². The molecule has 2 aromatic heterocycles. The molecule has 22 heteroatoms. The topological polar surface area (TPSA) is 270 Å². The Balaban J connectivity index is 0.00000272. The van der Waals surface area contributed by atoms with Gasteiger partial charge in [-0.2, -0.15) is 0 Å². The predicted octanol–water partition coefficient (Wildman–Crippen LogP) is -2.28. The van der Waals surface area contributed by atoms with Crippen LogP contribution in [0.2, 0.25) is 0 Å². The maximum Gasteiger partial charge on any atom is 0.476 e. The maximum atomic E-state index is 12.0. The molecule has 33 heavy (non-hydrogen) atoms. The summed E-state index contributed by atoms with van der Waals surface area (Å²) in [7, 11) is -15.6. The largest absolute Gasteiger partial charge is 0.476 e. The summed E-state index contributed by atoms with van der Waals surface area (Å²) >= 11 is 0. The van der Waals surface area contributed by atoms with E-state index in [4.69, 9.17) is 20.3 Å². The summed E-state index contributed by atoms with van der Waals surface area (Å²) in [5, 5.41) is 20.5. The van der Waals surface area contributed by atoms with Crippen LogP contribution in [0, 0.1) is 0 Å². The van der Waals surface area contributed by atoms with Gasteiger partial charge in [-0.05, 0) is 0 Å². The number of nitrogens with two attached hydrogens (primary N) is 1. The van der Waals surface area contributed by atoms with Crippen molar-refractivity contribution < 1.29 is 57.1 Å². The fourth-order valence-corrected chi connectivity index (χ4v) is 7.32. The van der Waals surface area contributed by atoms with Crippen molar-refractivity contribution in [3.8, 4) is 0 Å². The number of aliphatic hydroxyl groups excluding tert-OH is 2. The van der Waals surface area contributed by atoms with Crippen LogP contribution in [0.25, 0.3) is 11.2 Å². The molecule has 0 spiro atoms. The zero-order valence-electron chi connectivity index (χ0n) is 17.2. The summed E-state index contributed by atoms with van der Waals surface area (Å²) in [4.78, 5) is 47.9. The quantitative estimate of drug-likeness (QED) is 0.143. The standard InChI is InChI=1S/C11H18N5O12P3.2Li/c12-9-6-10(14-2-13-9)16(3-15-6)11-8(18)7(17)5(27-11)1-26-29(19,20)4-30(21,22)28-31(23,24)25;;/h2-3,5,7-8,11,17-18H,1,4H2,(H,19,20)(H,21,22)(H2,12,13,14)(H2,23,24,25);;/t5-,7-,8-,11-;;/m1../s1. The van der Waals surface area contributed by atoms with Crippen LogP contribution < -0.4 is 5.73 Å². The first-order valence-electron chi connectivity index (χ1n) is 8.19. The molecule has 1 saturated heterocycles. The fourth-order valence-electron chi connectivity index (χ4n) is 2.80. The molecule has 6 atom stereocenters. The van der Waals surface area contributed by atoms with Crippen molar-refractivity contribution in [3.63, 3.8) is 0 Å². The average Bonchev–Trinajstić information content (AvgIpc) is 3.13. The summed E-state index contributed by atoms with van der Waals surface area (Å²) in [6.45, 7) is -0.831. The number of hydrogen-bond acceptors (Lipinski definition) is 12. The number of nitrogen functional groups attached to an aromatic ring is 1. The SMILES string of the molecule is Nc1ncnc2c1ncn2[C@@H]1O[C@H](COP(=O)(O)CP(=O)(O)OP(=O)(O)O)[C@@H](O)[C@H]1O.[Li].[Li]. The number of nitrogens with zero attached hydrogens (tertiary/aromatic N) is 4. The Morgan fingerprint density at radius 2 is 1.67 bits per heavy atom. The molecule has 0 aliphatic carbocycles. The summed E-state index contributed by atoms with van der Waals surface area (Å²) < 4.78 is 49.2. The van der Waals surface area contributed by atoms with Gasteiger partial charge in [-0.25, -0.2) is 23.8 Å². The molecule has 0 saturated carbocycles. The van der Waals surface area contributed by atoms with Gasteiger partial charge in [0.2, 0.25) is 0 Å². The number of fused-ring (bicyclic) bond motifs is 1. The number of hydrogen-bond donors (Lipinski definition) is 7. The van der Waals surface area contributed by atoms with Gasteiger partial charge in [0, 0.05) is 37.7 Å². The van der Waals surface area contributed by atoms with Crippen LogP contribution in [0.5, 0.6) is 0 Å². The first-order valence-corrected chi connectivity index (χ1v) is 13.2. The molecule has 17 nitrogen and oxygen atoms in total. The van der Waals surface area contributed by atoms with Crippen molar-refractivity contribution in [1.29, 1.82) is 0 Å². The number of imidazole rings is 1. The van der Waals surface area contributed by atoms with Crippen LogP contribution in [-0.2, 0) is 27.3 Å². The third-order valence-electron chi connectivity index (χ3n) is 4.03. The first-order chi connectivity index (χ1) is 14.2. The third-order valence-corrected chi connectivity index (χ3v) is 9.31. The Hall–Kier alpha value is -0.125. The molecule has 3 rings (SSSR count). The van der Waals surface area contributed by atoms with Crippen molar-refractivity contribution >= 4 is 77.7 Å². The zero-order chi connectivity index (χ0) is 23.2. The first kappa shape index (κ1) is 30.9. The van der Waals surface area contributed by atoms with Crippen molar-refractivity contribution in [1.82, 2.24) is 19.5 Å². The summed E-state index contributed by atoms with van der Waals surface area (Å²) in [6.07, 6.45) is -3.43. The molecule has 0 bridgehead atoms. The Bertz CT molecular complexity index is 1120. The molecule has 3 heterocycles. The summed E-state index contributed by atoms with van der Waals surface area (Å²) in [5.74, 6) is -1.58. The summed E-state index contributed by atoms with van der Waals surface area (Å²) in [5.41, 5.74) is 6.06. The Labute approximate surface area is 209 Å². The van der Waals surface area contributed by atoms with Gasteiger partial charge in [-0.1, -0.05) is 0 Å². The molecule has 2 unspecified atom stereocenters. The van der Waals surface area contributed by atoms with Gasteiger partial charge in [0.1, 0.15) is 30.2 Å². The minimum atomic E-state index is -5.42. The van der Waals surface area contributed by atoms with Crippen LogP contribution >= 0.6 is 23.0 Å². The number of rotatable bonds is 8. The van der Waals surface area contributed by atoms with Gasteiger partial charge in [0.15, 0.2) is 23.6 Å². The second-order valence-corrected chi connectivity index (χ2v) is 12.0. The van der Waals surface area contributed by atoms with E-state index in [9.17, 15) is 33.7 Å². The van der Waals surface area contributed by atoms with Crippen molar-refractivity contribution in [3.05, 3.63) is 12.7 Å². The van der Waals surface area contributed by atoms with Gasteiger partial charge in [0.05, 0.1) is 12.9 Å². The summed E-state index contributed by atoms with van der Waals surface area (Å²) in [6, 6.07) is 0. The van der Waals surface area contributed by atoms with Gasteiger partial charge in [0.25, 0.3) is 0 Å². The molecule has 8 N–H and O–H groups in total. The van der Waals surface area contributed by atoms with Crippen LogP contribution in [0.4, 0.5) is 5.82 Å². The zero-order valence-corrected chi connectivity index (χ0v) is 19.9. The number of anilines is 1. The number of aliphatic hydroxyl groups is 2. The molecular weight excluding hydrogens is 501 g/mol. The van der Waals surface area contributed by atoms with Gasteiger partial charge in [-0.15, -0.1) is 0 Å². The normalized spacial score (nSPS) is 26.7. The number of phosphoric acid groups is 1. The van der Waals surface area contributed by atoms with E-state index in [-0.39, 0.29) is 54.7 Å². The van der Waals surface area contributed by atoms with Gasteiger partial charge >= 0.3 is 23.0 Å². The van der Waals surface area contributed by atoms with Gasteiger partial charge < -0.3 is 44.8 Å². The second kappa shape index (κ2) is 11.3. The molecule has 0 amide bonds. The Kier molecular flexibility index (Phi) is 10.6. The molecule has 2 radical (unpaired) electrons. The van der Waals surface area contributed by atoms with E-state index in [0.717, 1.165) is 6.33 Å². The predicted molar refractivity (Wildman–Crippen MR) is 111 cm³/mol. The average molecular weight is 519 g/mol.